The van der Waals surface area contributed by atoms with Crippen LogP contribution in [0.4, 0.5) is 14.5 Å². The van der Waals surface area contributed by atoms with E-state index in [1.807, 2.05) is 0 Å². The smallest absolute Gasteiger partial charge is 0.265 e. The summed E-state index contributed by atoms with van der Waals surface area (Å²) in [6.07, 6.45) is 2.94. The zero-order valence-corrected chi connectivity index (χ0v) is 12.1. The van der Waals surface area contributed by atoms with Gasteiger partial charge in [0.15, 0.2) is 17.5 Å². The molecule has 0 aliphatic carbocycles. The molecule has 22 heavy (non-hydrogen) atoms. The summed E-state index contributed by atoms with van der Waals surface area (Å²) in [5.41, 5.74) is 3.14. The molecule has 0 amide bonds. The van der Waals surface area contributed by atoms with Crippen LogP contribution in [0.25, 0.3) is 0 Å². The van der Waals surface area contributed by atoms with Crippen LogP contribution >= 0.6 is 0 Å². The summed E-state index contributed by atoms with van der Waals surface area (Å²) >= 11 is 0. The van der Waals surface area contributed by atoms with E-state index in [1.54, 1.807) is 12.1 Å². The first-order chi connectivity index (χ1) is 10.4. The van der Waals surface area contributed by atoms with Gasteiger partial charge in [0, 0.05) is 31.1 Å². The van der Waals surface area contributed by atoms with Gasteiger partial charge in [-0.2, -0.15) is 8.42 Å². The number of rotatable bonds is 2. The molecule has 0 atom stereocenters. The molecule has 0 unspecified atom stereocenters. The van der Waals surface area contributed by atoms with Crippen molar-refractivity contribution in [3.63, 3.8) is 0 Å². The highest BCUT2D eigenvalue weighted by atomic mass is 32.2. The molecule has 0 bridgehead atoms. The minimum atomic E-state index is -4.14. The lowest BCUT2D eigenvalue weighted by Gasteiger charge is -2.29. The van der Waals surface area contributed by atoms with Gasteiger partial charge in [-0.3, -0.25) is 9.99 Å². The average Bonchev–Trinajstić information content (AvgIpc) is 2.50. The Kier molecular flexibility index (Phi) is 3.38. The van der Waals surface area contributed by atoms with Crippen LogP contribution in [0.15, 0.2) is 46.0 Å². The van der Waals surface area contributed by atoms with Gasteiger partial charge >= 0.3 is 0 Å². The number of fused-ring (bicyclic) bond motifs is 1. The molecule has 2 heterocycles. The number of hydrazine groups is 1. The van der Waals surface area contributed by atoms with Crippen LogP contribution < -0.4 is 10.4 Å². The van der Waals surface area contributed by atoms with Crippen LogP contribution in [0.1, 0.15) is 5.56 Å². The summed E-state index contributed by atoms with van der Waals surface area (Å²) in [6, 6.07) is 4.55. The first kappa shape index (κ1) is 14.5. The molecular formula is C13H10F2N4O2S. The second-order valence-corrected chi connectivity index (χ2v) is 5.99. The van der Waals surface area contributed by atoms with E-state index in [2.05, 4.69) is 14.8 Å². The van der Waals surface area contributed by atoms with E-state index in [0.717, 1.165) is 6.07 Å². The van der Waals surface area contributed by atoms with Gasteiger partial charge in [-0.25, -0.2) is 14.2 Å². The molecule has 1 aliphatic heterocycles. The second kappa shape index (κ2) is 5.11. The maximum Gasteiger partial charge on any atom is 0.286 e. The Bertz CT molecular complexity index is 869. The van der Waals surface area contributed by atoms with Crippen LogP contribution in [-0.2, 0) is 10.0 Å². The normalized spacial score (nSPS) is 16.1. The number of halogens is 2. The summed E-state index contributed by atoms with van der Waals surface area (Å²) in [5, 5.41) is 1.27. The van der Waals surface area contributed by atoms with Gasteiger partial charge < -0.3 is 0 Å². The third kappa shape index (κ3) is 2.24. The van der Waals surface area contributed by atoms with E-state index in [9.17, 15) is 17.2 Å². The van der Waals surface area contributed by atoms with Gasteiger partial charge in [-0.05, 0) is 18.2 Å². The molecule has 0 saturated carbocycles. The zero-order valence-electron chi connectivity index (χ0n) is 11.3. The van der Waals surface area contributed by atoms with Crippen LogP contribution in [0.5, 0.6) is 0 Å². The monoisotopic (exact) mass is 324 g/mol. The lowest BCUT2D eigenvalue weighted by molar-refractivity contribution is 0.504. The number of aromatic nitrogens is 1. The molecule has 0 fully saturated rings. The van der Waals surface area contributed by atoms with Crippen LogP contribution in [0.3, 0.4) is 0 Å². The number of anilines is 1. The van der Waals surface area contributed by atoms with E-state index in [4.69, 9.17) is 0 Å². The highest BCUT2D eigenvalue weighted by molar-refractivity contribution is 7.90. The van der Waals surface area contributed by atoms with E-state index in [1.165, 1.54) is 24.5 Å². The zero-order chi connectivity index (χ0) is 15.9. The summed E-state index contributed by atoms with van der Waals surface area (Å²) in [4.78, 5) is 3.44. The van der Waals surface area contributed by atoms with Crippen molar-refractivity contribution in [2.24, 2.45) is 4.40 Å². The van der Waals surface area contributed by atoms with Crippen molar-refractivity contribution in [1.29, 1.82) is 0 Å². The lowest BCUT2D eigenvalue weighted by atomic mass is 10.2. The van der Waals surface area contributed by atoms with Crippen molar-refractivity contribution in [1.82, 2.24) is 10.4 Å². The average molecular weight is 324 g/mol. The fraction of sp³-hybridized carbons (Fsp3) is 0.0769. The van der Waals surface area contributed by atoms with E-state index in [-0.39, 0.29) is 11.5 Å². The Balaban J connectivity index is 2.28. The quantitative estimate of drug-likeness (QED) is 0.905. The van der Waals surface area contributed by atoms with Crippen molar-refractivity contribution < 1.29 is 17.2 Å². The first-order valence-electron chi connectivity index (χ1n) is 6.16. The van der Waals surface area contributed by atoms with Crippen molar-refractivity contribution in [3.05, 3.63) is 53.9 Å². The third-order valence-corrected chi connectivity index (χ3v) is 4.40. The molecule has 1 aromatic heterocycles. The topological polar surface area (TPSA) is 74.7 Å². The van der Waals surface area contributed by atoms with Crippen molar-refractivity contribution in [2.75, 3.05) is 12.1 Å². The Morgan fingerprint density at radius 2 is 1.77 bits per heavy atom. The van der Waals surface area contributed by atoms with Crippen LogP contribution in [0.2, 0.25) is 0 Å². The maximum absolute atomic E-state index is 13.5. The maximum atomic E-state index is 13.5. The van der Waals surface area contributed by atoms with E-state index >= 15 is 0 Å². The first-order valence-corrected chi connectivity index (χ1v) is 7.60. The molecule has 1 N–H and O–H groups in total. The minimum absolute atomic E-state index is 0.0387. The molecule has 1 aromatic carbocycles. The van der Waals surface area contributed by atoms with Gasteiger partial charge in [0.25, 0.3) is 10.0 Å². The molecule has 0 radical (unpaired) electrons. The van der Waals surface area contributed by atoms with Crippen molar-refractivity contribution >= 4 is 21.5 Å². The van der Waals surface area contributed by atoms with E-state index < -0.39 is 26.6 Å². The molecule has 3 rings (SSSR count). The largest absolute Gasteiger partial charge is 0.286 e. The summed E-state index contributed by atoms with van der Waals surface area (Å²) in [7, 11) is -2.63. The summed E-state index contributed by atoms with van der Waals surface area (Å²) in [6.45, 7) is 0. The summed E-state index contributed by atoms with van der Waals surface area (Å²) in [5.74, 6) is -2.35. The predicted molar refractivity (Wildman–Crippen MR) is 75.9 cm³/mol. The number of hydrogen-bond donors (Lipinski definition) is 1. The standard InChI is InChI=1S/C13H10F2N4O2S/c1-16-19-11-6-9(14)10(15)7-12(11)22(20,21)18-13(19)8-2-4-17-5-3-8/h2-7,16H,1H3. The highest BCUT2D eigenvalue weighted by Crippen LogP contribution is 2.33. The van der Waals surface area contributed by atoms with Gasteiger partial charge in [0.2, 0.25) is 0 Å². The Labute approximate surface area is 125 Å². The predicted octanol–water partition coefficient (Wildman–Crippen LogP) is 1.45. The molecule has 6 nitrogen and oxygen atoms in total. The van der Waals surface area contributed by atoms with Crippen LogP contribution in [-0.4, -0.2) is 26.3 Å². The molecule has 0 spiro atoms. The fourth-order valence-corrected chi connectivity index (χ4v) is 3.31. The molecule has 2 aromatic rings. The molecular weight excluding hydrogens is 314 g/mol. The number of amidine groups is 1. The molecule has 114 valence electrons. The molecule has 0 saturated heterocycles. The number of benzene rings is 1. The fourth-order valence-electron chi connectivity index (χ4n) is 2.13. The van der Waals surface area contributed by atoms with E-state index in [0.29, 0.717) is 11.6 Å². The van der Waals surface area contributed by atoms with Crippen molar-refractivity contribution in [2.45, 2.75) is 4.90 Å². The minimum Gasteiger partial charge on any atom is -0.265 e. The number of pyridine rings is 1. The molecule has 1 aliphatic rings. The van der Waals surface area contributed by atoms with Crippen LogP contribution in [0, 0.1) is 11.6 Å². The van der Waals surface area contributed by atoms with Crippen molar-refractivity contribution in [3.8, 4) is 0 Å². The number of sulfonamides is 1. The Morgan fingerprint density at radius 1 is 1.14 bits per heavy atom. The highest BCUT2D eigenvalue weighted by Gasteiger charge is 2.32. The van der Waals surface area contributed by atoms with Gasteiger partial charge in [-0.1, -0.05) is 0 Å². The second-order valence-electron chi connectivity index (χ2n) is 4.42. The summed E-state index contributed by atoms with van der Waals surface area (Å²) < 4.78 is 55.0. The SMILES string of the molecule is CNN1C(c2ccncc2)=NS(=O)(=O)c2cc(F)c(F)cc21. The number of hydrogen-bond acceptors (Lipinski definition) is 5. The van der Waals surface area contributed by atoms with Gasteiger partial charge in [0.05, 0.1) is 5.69 Å². The molecule has 9 heteroatoms. The Morgan fingerprint density at radius 3 is 2.41 bits per heavy atom. The van der Waals surface area contributed by atoms with Gasteiger partial charge in [0.1, 0.15) is 4.90 Å². The lowest BCUT2D eigenvalue weighted by Crippen LogP contribution is -2.44. The third-order valence-electron chi connectivity index (χ3n) is 3.10. The Hall–Kier alpha value is -2.39. The number of nitrogens with zero attached hydrogens (tertiary/aromatic N) is 3. The van der Waals surface area contributed by atoms with Gasteiger partial charge in [-0.15, -0.1) is 4.40 Å². The number of nitrogens with one attached hydrogen (secondary N) is 1.